The molecule has 0 aliphatic carbocycles. The molecule has 0 atom stereocenters. The van der Waals surface area contributed by atoms with Crippen LogP contribution in [0.1, 0.15) is 12.5 Å². The molecule has 3 aromatic rings. The zero-order chi connectivity index (χ0) is 17.8. The minimum atomic E-state index is 0.223. The lowest BCUT2D eigenvalue weighted by atomic mass is 10.2. The van der Waals surface area contributed by atoms with Crippen molar-refractivity contribution in [2.45, 2.75) is 13.5 Å². The van der Waals surface area contributed by atoms with E-state index in [1.807, 2.05) is 29.0 Å². The zero-order valence-corrected chi connectivity index (χ0v) is 15.7. The summed E-state index contributed by atoms with van der Waals surface area (Å²) in [6.07, 6.45) is 1.65. The van der Waals surface area contributed by atoms with Gasteiger partial charge in [0.25, 0.3) is 0 Å². The largest absolute Gasteiger partial charge is 0.508 e. The van der Waals surface area contributed by atoms with Gasteiger partial charge in [0.2, 0.25) is 4.80 Å². The Morgan fingerprint density at radius 3 is 2.60 bits per heavy atom. The van der Waals surface area contributed by atoms with E-state index in [1.165, 1.54) is 11.3 Å². The first kappa shape index (κ1) is 17.7. The number of aromatic hydroxyl groups is 1. The van der Waals surface area contributed by atoms with Crippen LogP contribution in [0.4, 0.5) is 0 Å². The lowest BCUT2D eigenvalue weighted by molar-refractivity contribution is 0.475. The molecule has 0 aliphatic rings. The highest BCUT2D eigenvalue weighted by Crippen LogP contribution is 2.30. The summed E-state index contributed by atoms with van der Waals surface area (Å²) in [5.41, 5.74) is 2.75. The van der Waals surface area contributed by atoms with E-state index in [0.717, 1.165) is 28.2 Å². The predicted molar refractivity (Wildman–Crippen MR) is 105 cm³/mol. The van der Waals surface area contributed by atoms with E-state index in [0.29, 0.717) is 10.0 Å². The van der Waals surface area contributed by atoms with Crippen molar-refractivity contribution in [1.29, 1.82) is 0 Å². The summed E-state index contributed by atoms with van der Waals surface area (Å²) in [5.74, 6) is 0.223. The Morgan fingerprint density at radius 1 is 1.16 bits per heavy atom. The van der Waals surface area contributed by atoms with Crippen LogP contribution < -0.4 is 4.80 Å². The molecule has 1 aromatic heterocycles. The number of thiazole rings is 1. The number of nitrogens with zero attached hydrogens (tertiary/aromatic N) is 3. The second-order valence-electron chi connectivity index (χ2n) is 5.21. The minimum absolute atomic E-state index is 0.223. The number of halogens is 2. The lowest BCUT2D eigenvalue weighted by Gasteiger charge is -2.07. The van der Waals surface area contributed by atoms with Crippen LogP contribution in [0, 0.1) is 0 Å². The summed E-state index contributed by atoms with van der Waals surface area (Å²) in [7, 11) is 0. The van der Waals surface area contributed by atoms with Crippen LogP contribution in [0.2, 0.25) is 10.0 Å². The Hall–Kier alpha value is -2.08. The predicted octanol–water partition coefficient (Wildman–Crippen LogP) is 5.18. The number of phenolic OH excluding ortho intramolecular Hbond substituents is 1. The summed E-state index contributed by atoms with van der Waals surface area (Å²) in [5, 5.41) is 21.0. The molecule has 4 nitrogen and oxygen atoms in total. The first-order valence-corrected chi connectivity index (χ1v) is 9.22. The van der Waals surface area contributed by atoms with Crippen molar-refractivity contribution in [2.75, 3.05) is 0 Å². The highest BCUT2D eigenvalue weighted by atomic mass is 35.5. The summed E-state index contributed by atoms with van der Waals surface area (Å²) in [6, 6.07) is 12.2. The summed E-state index contributed by atoms with van der Waals surface area (Å²) in [6.45, 7) is 2.79. The smallest absolute Gasteiger partial charge is 0.211 e. The van der Waals surface area contributed by atoms with Gasteiger partial charge in [0.05, 0.1) is 16.9 Å². The summed E-state index contributed by atoms with van der Waals surface area (Å²) >= 11 is 13.8. The Morgan fingerprint density at radius 2 is 1.92 bits per heavy atom. The van der Waals surface area contributed by atoms with Gasteiger partial charge in [-0.15, -0.1) is 16.4 Å². The van der Waals surface area contributed by atoms with Crippen LogP contribution in [0.5, 0.6) is 5.75 Å². The maximum Gasteiger partial charge on any atom is 0.211 e. The van der Waals surface area contributed by atoms with Crippen LogP contribution in [0.25, 0.3) is 11.3 Å². The van der Waals surface area contributed by atoms with Gasteiger partial charge in [-0.05, 0) is 55.0 Å². The van der Waals surface area contributed by atoms with Crippen molar-refractivity contribution in [3.8, 4) is 17.0 Å². The van der Waals surface area contributed by atoms with Gasteiger partial charge >= 0.3 is 0 Å². The third kappa shape index (κ3) is 4.12. The second kappa shape index (κ2) is 7.87. The van der Waals surface area contributed by atoms with Gasteiger partial charge in [0.15, 0.2) is 0 Å². The molecule has 0 unspecified atom stereocenters. The normalized spacial score (nSPS) is 12.2. The number of hydrogen-bond donors (Lipinski definition) is 1. The van der Waals surface area contributed by atoms with Crippen molar-refractivity contribution in [3.63, 3.8) is 0 Å². The molecule has 0 spiro atoms. The third-order valence-corrected chi connectivity index (χ3v) is 4.97. The average molecular weight is 392 g/mol. The van der Waals surface area contributed by atoms with E-state index in [4.69, 9.17) is 23.2 Å². The van der Waals surface area contributed by atoms with Crippen molar-refractivity contribution in [2.24, 2.45) is 10.2 Å². The lowest BCUT2D eigenvalue weighted by Crippen LogP contribution is -2.14. The standard InChI is InChI=1S/C18H15Cl2N3OS/c1-2-23-17(15-8-5-13(19)9-16(15)20)11-25-18(23)22-21-10-12-3-6-14(24)7-4-12/h3-11,24H,2H2,1H3/b21-10-,22-18-. The number of aromatic nitrogens is 1. The fourth-order valence-corrected chi connectivity index (χ4v) is 3.76. The molecular weight excluding hydrogens is 377 g/mol. The monoisotopic (exact) mass is 391 g/mol. The number of hydrogen-bond acceptors (Lipinski definition) is 4. The van der Waals surface area contributed by atoms with Crippen LogP contribution >= 0.6 is 34.5 Å². The molecule has 1 N–H and O–H groups in total. The van der Waals surface area contributed by atoms with Crippen LogP contribution in [0.15, 0.2) is 58.0 Å². The molecule has 1 heterocycles. The molecule has 0 amide bonds. The zero-order valence-electron chi connectivity index (χ0n) is 13.4. The molecule has 2 aromatic carbocycles. The molecule has 0 bridgehead atoms. The summed E-state index contributed by atoms with van der Waals surface area (Å²) < 4.78 is 2.05. The SMILES string of the molecule is CCn1c(-c2ccc(Cl)cc2Cl)cs/c1=N\N=C/c1ccc(O)cc1. The molecule has 0 saturated carbocycles. The highest BCUT2D eigenvalue weighted by Gasteiger charge is 2.10. The highest BCUT2D eigenvalue weighted by molar-refractivity contribution is 7.07. The summed E-state index contributed by atoms with van der Waals surface area (Å²) in [4.78, 5) is 0.776. The van der Waals surface area contributed by atoms with Crippen LogP contribution in [-0.4, -0.2) is 15.9 Å². The topological polar surface area (TPSA) is 49.9 Å². The second-order valence-corrected chi connectivity index (χ2v) is 6.89. The van der Waals surface area contributed by atoms with Gasteiger partial charge in [-0.3, -0.25) is 0 Å². The maximum absolute atomic E-state index is 9.29. The fourth-order valence-electron chi connectivity index (χ4n) is 2.33. The van der Waals surface area contributed by atoms with Crippen molar-refractivity contribution < 1.29 is 5.11 Å². The molecule has 3 rings (SSSR count). The van der Waals surface area contributed by atoms with Gasteiger partial charge in [-0.2, -0.15) is 5.10 Å². The van der Waals surface area contributed by atoms with Crippen molar-refractivity contribution in [3.05, 3.63) is 68.3 Å². The Labute approximate surface area is 159 Å². The van der Waals surface area contributed by atoms with Crippen LogP contribution in [-0.2, 0) is 6.54 Å². The molecule has 0 saturated heterocycles. The molecule has 0 fully saturated rings. The number of benzene rings is 2. The molecular formula is C18H15Cl2N3OS. The molecule has 25 heavy (non-hydrogen) atoms. The first-order chi connectivity index (χ1) is 12.1. The number of phenols is 1. The quantitative estimate of drug-likeness (QED) is 0.483. The fraction of sp³-hybridized carbons (Fsp3) is 0.111. The van der Waals surface area contributed by atoms with Gasteiger partial charge in [-0.1, -0.05) is 23.2 Å². The van der Waals surface area contributed by atoms with Gasteiger partial charge in [-0.25, -0.2) is 0 Å². The van der Waals surface area contributed by atoms with Gasteiger partial charge in [0.1, 0.15) is 5.75 Å². The van der Waals surface area contributed by atoms with Crippen molar-refractivity contribution >= 4 is 40.8 Å². The Balaban J connectivity index is 1.95. The third-order valence-electron chi connectivity index (χ3n) is 3.56. The molecule has 0 aliphatic heterocycles. The van der Waals surface area contributed by atoms with E-state index in [-0.39, 0.29) is 5.75 Å². The van der Waals surface area contributed by atoms with Crippen LogP contribution in [0.3, 0.4) is 0 Å². The van der Waals surface area contributed by atoms with Crippen molar-refractivity contribution in [1.82, 2.24) is 4.57 Å². The first-order valence-electron chi connectivity index (χ1n) is 7.58. The van der Waals surface area contributed by atoms with E-state index in [2.05, 4.69) is 10.2 Å². The maximum atomic E-state index is 9.29. The molecule has 0 radical (unpaired) electrons. The van der Waals surface area contributed by atoms with E-state index >= 15 is 0 Å². The Kier molecular flexibility index (Phi) is 5.58. The van der Waals surface area contributed by atoms with E-state index in [9.17, 15) is 5.11 Å². The molecule has 128 valence electrons. The van der Waals surface area contributed by atoms with Gasteiger partial charge < -0.3 is 9.67 Å². The molecule has 7 heteroatoms. The number of rotatable bonds is 4. The van der Waals surface area contributed by atoms with E-state index in [1.54, 1.807) is 36.5 Å². The Bertz CT molecular complexity index is 975. The van der Waals surface area contributed by atoms with Gasteiger partial charge in [0, 0.05) is 22.5 Å². The average Bonchev–Trinajstić information content (AvgIpc) is 2.99. The minimum Gasteiger partial charge on any atom is -0.508 e. The van der Waals surface area contributed by atoms with E-state index < -0.39 is 0 Å².